The Labute approximate surface area is 169 Å². The fourth-order valence-electron chi connectivity index (χ4n) is 4.15. The molecule has 0 aliphatic carbocycles. The summed E-state index contributed by atoms with van der Waals surface area (Å²) in [5.41, 5.74) is 4.76. The summed E-state index contributed by atoms with van der Waals surface area (Å²) < 4.78 is 13.6. The molecule has 3 aromatic rings. The Morgan fingerprint density at radius 3 is 2.90 bits per heavy atom. The summed E-state index contributed by atoms with van der Waals surface area (Å²) in [6, 6.07) is 14.2. The monoisotopic (exact) mass is 391 g/mol. The Balaban J connectivity index is 1.35. The number of imidazole rings is 1. The van der Waals surface area contributed by atoms with Crippen molar-refractivity contribution in [3.05, 3.63) is 53.6 Å². The van der Waals surface area contributed by atoms with Gasteiger partial charge in [0.15, 0.2) is 6.29 Å². The molecule has 0 saturated carbocycles. The molecule has 1 amide bonds. The topological polar surface area (TPSA) is 65.4 Å². The van der Waals surface area contributed by atoms with Crippen LogP contribution in [0.2, 0.25) is 0 Å². The lowest BCUT2D eigenvalue weighted by molar-refractivity contribution is -0.161. The van der Waals surface area contributed by atoms with Crippen LogP contribution < -0.4 is 5.32 Å². The van der Waals surface area contributed by atoms with Gasteiger partial charge in [0.1, 0.15) is 5.82 Å². The van der Waals surface area contributed by atoms with Gasteiger partial charge in [-0.15, -0.1) is 0 Å². The average molecular weight is 391 g/mol. The molecule has 2 aliphatic rings. The maximum absolute atomic E-state index is 12.3. The number of amides is 1. The third kappa shape index (κ3) is 3.66. The number of nitrogens with one attached hydrogen (secondary N) is 1. The van der Waals surface area contributed by atoms with Crippen molar-refractivity contribution in [2.24, 2.45) is 0 Å². The van der Waals surface area contributed by atoms with E-state index in [9.17, 15) is 4.79 Å². The van der Waals surface area contributed by atoms with Gasteiger partial charge in [0.2, 0.25) is 0 Å². The standard InChI is InChI=1S/C23H25N3O3/c27-23-18-4-3-5-19-21(18)26(13-12-24-23)22(25-19)17-9-7-16(8-10-17)11-15-29-20-6-1-2-14-28-20/h3-5,7-10,20H,1-2,6,11-15H2,(H,24,27). The van der Waals surface area contributed by atoms with E-state index >= 15 is 0 Å². The summed E-state index contributed by atoms with van der Waals surface area (Å²) >= 11 is 0. The molecule has 3 heterocycles. The number of para-hydroxylation sites is 1. The fourth-order valence-corrected chi connectivity index (χ4v) is 4.15. The normalized spacial score (nSPS) is 19.2. The lowest BCUT2D eigenvalue weighted by Gasteiger charge is -2.22. The third-order valence-electron chi connectivity index (χ3n) is 5.68. The molecule has 5 rings (SSSR count). The summed E-state index contributed by atoms with van der Waals surface area (Å²) in [6.07, 6.45) is 4.14. The van der Waals surface area contributed by atoms with E-state index in [0.29, 0.717) is 25.3 Å². The van der Waals surface area contributed by atoms with Gasteiger partial charge in [-0.2, -0.15) is 0 Å². The molecule has 1 N–H and O–H groups in total. The van der Waals surface area contributed by atoms with Gasteiger partial charge in [-0.1, -0.05) is 30.3 Å². The summed E-state index contributed by atoms with van der Waals surface area (Å²) in [5, 5.41) is 2.96. The first-order valence-corrected chi connectivity index (χ1v) is 10.4. The highest BCUT2D eigenvalue weighted by molar-refractivity contribution is 6.06. The minimum atomic E-state index is -0.0390. The summed E-state index contributed by atoms with van der Waals surface area (Å²) in [4.78, 5) is 17.1. The molecule has 1 aromatic heterocycles. The van der Waals surface area contributed by atoms with E-state index in [2.05, 4.69) is 34.1 Å². The Hall–Kier alpha value is -2.70. The van der Waals surface area contributed by atoms with Crippen LogP contribution in [0, 0.1) is 0 Å². The zero-order chi connectivity index (χ0) is 19.6. The van der Waals surface area contributed by atoms with Crippen LogP contribution in [-0.2, 0) is 22.4 Å². The van der Waals surface area contributed by atoms with Crippen LogP contribution in [0.5, 0.6) is 0 Å². The molecule has 1 atom stereocenters. The average Bonchev–Trinajstić information content (AvgIpc) is 3.04. The van der Waals surface area contributed by atoms with Gasteiger partial charge in [-0.3, -0.25) is 4.79 Å². The number of ether oxygens (including phenoxy) is 2. The summed E-state index contributed by atoms with van der Waals surface area (Å²) in [6.45, 7) is 2.79. The van der Waals surface area contributed by atoms with Gasteiger partial charge < -0.3 is 19.4 Å². The van der Waals surface area contributed by atoms with Crippen molar-refractivity contribution in [2.75, 3.05) is 19.8 Å². The number of hydrogen-bond acceptors (Lipinski definition) is 4. The maximum Gasteiger partial charge on any atom is 0.253 e. The van der Waals surface area contributed by atoms with Crippen LogP contribution in [-0.4, -0.2) is 41.5 Å². The van der Waals surface area contributed by atoms with Crippen LogP contribution in [0.15, 0.2) is 42.5 Å². The molecule has 2 aromatic carbocycles. The van der Waals surface area contributed by atoms with Gasteiger partial charge in [0.25, 0.3) is 5.91 Å². The van der Waals surface area contributed by atoms with E-state index in [1.54, 1.807) is 0 Å². The number of rotatable bonds is 5. The molecule has 0 spiro atoms. The quantitative estimate of drug-likeness (QED) is 0.723. The predicted molar refractivity (Wildman–Crippen MR) is 111 cm³/mol. The first-order chi connectivity index (χ1) is 14.3. The van der Waals surface area contributed by atoms with Crippen LogP contribution in [0.4, 0.5) is 0 Å². The van der Waals surface area contributed by atoms with Crippen molar-refractivity contribution in [2.45, 2.75) is 38.5 Å². The van der Waals surface area contributed by atoms with Gasteiger partial charge >= 0.3 is 0 Å². The predicted octanol–water partition coefficient (Wildman–Crippen LogP) is 3.53. The van der Waals surface area contributed by atoms with Gasteiger partial charge in [-0.25, -0.2) is 4.98 Å². The molecular weight excluding hydrogens is 366 g/mol. The van der Waals surface area contributed by atoms with Crippen molar-refractivity contribution in [3.63, 3.8) is 0 Å². The largest absolute Gasteiger partial charge is 0.353 e. The first kappa shape index (κ1) is 18.3. The Morgan fingerprint density at radius 2 is 2.07 bits per heavy atom. The molecular formula is C23H25N3O3. The number of carbonyl (C=O) groups excluding carboxylic acids is 1. The third-order valence-corrected chi connectivity index (χ3v) is 5.68. The fraction of sp³-hybridized carbons (Fsp3) is 0.391. The SMILES string of the molecule is O=C1NCCn2c(-c3ccc(CCOC4CCCCO4)cc3)nc3cccc1c32. The first-order valence-electron chi connectivity index (χ1n) is 10.4. The molecule has 1 fully saturated rings. The number of aromatic nitrogens is 2. The van der Waals surface area contributed by atoms with Crippen molar-refractivity contribution in [3.8, 4) is 11.4 Å². The molecule has 1 unspecified atom stereocenters. The molecule has 0 radical (unpaired) electrons. The second-order valence-corrected chi connectivity index (χ2v) is 7.63. The smallest absolute Gasteiger partial charge is 0.253 e. The highest BCUT2D eigenvalue weighted by Gasteiger charge is 2.21. The van der Waals surface area contributed by atoms with Crippen LogP contribution >= 0.6 is 0 Å². The van der Waals surface area contributed by atoms with Crippen LogP contribution in [0.1, 0.15) is 35.2 Å². The number of hydrogen-bond donors (Lipinski definition) is 1. The summed E-state index contributed by atoms with van der Waals surface area (Å²) in [5.74, 6) is 0.875. The molecule has 29 heavy (non-hydrogen) atoms. The van der Waals surface area contributed by atoms with E-state index < -0.39 is 0 Å². The Bertz CT molecular complexity index is 1020. The summed E-state index contributed by atoms with van der Waals surface area (Å²) in [7, 11) is 0. The van der Waals surface area contributed by atoms with Crippen molar-refractivity contribution in [1.82, 2.24) is 14.9 Å². The van der Waals surface area contributed by atoms with Crippen molar-refractivity contribution in [1.29, 1.82) is 0 Å². The number of benzene rings is 2. The van der Waals surface area contributed by atoms with Gasteiger partial charge in [0, 0.05) is 25.3 Å². The second kappa shape index (κ2) is 7.97. The van der Waals surface area contributed by atoms with E-state index in [1.807, 2.05) is 18.2 Å². The van der Waals surface area contributed by atoms with Gasteiger partial charge in [-0.05, 0) is 43.4 Å². The second-order valence-electron chi connectivity index (χ2n) is 7.63. The lowest BCUT2D eigenvalue weighted by atomic mass is 10.1. The van der Waals surface area contributed by atoms with Crippen molar-refractivity contribution >= 4 is 16.9 Å². The van der Waals surface area contributed by atoms with E-state index in [1.165, 1.54) is 12.0 Å². The Kier molecular flexibility index (Phi) is 5.04. The van der Waals surface area contributed by atoms with Crippen molar-refractivity contribution < 1.29 is 14.3 Å². The van der Waals surface area contributed by atoms with E-state index in [-0.39, 0.29) is 12.2 Å². The Morgan fingerprint density at radius 1 is 1.17 bits per heavy atom. The highest BCUT2D eigenvalue weighted by atomic mass is 16.7. The minimum Gasteiger partial charge on any atom is -0.353 e. The number of carbonyl (C=O) groups is 1. The zero-order valence-corrected chi connectivity index (χ0v) is 16.4. The van der Waals surface area contributed by atoms with Crippen LogP contribution in [0.25, 0.3) is 22.4 Å². The maximum atomic E-state index is 12.3. The molecule has 0 bridgehead atoms. The lowest BCUT2D eigenvalue weighted by Crippen LogP contribution is -2.24. The molecule has 2 aliphatic heterocycles. The van der Waals surface area contributed by atoms with Gasteiger partial charge in [0.05, 0.1) is 23.2 Å². The highest BCUT2D eigenvalue weighted by Crippen LogP contribution is 2.28. The molecule has 1 saturated heterocycles. The number of nitrogens with zero attached hydrogens (tertiary/aromatic N) is 2. The molecule has 6 heteroatoms. The molecule has 150 valence electrons. The minimum absolute atomic E-state index is 0.0295. The van der Waals surface area contributed by atoms with E-state index in [0.717, 1.165) is 48.3 Å². The van der Waals surface area contributed by atoms with E-state index in [4.69, 9.17) is 14.5 Å². The zero-order valence-electron chi connectivity index (χ0n) is 16.4. The van der Waals surface area contributed by atoms with Crippen LogP contribution in [0.3, 0.4) is 0 Å². The molecule has 6 nitrogen and oxygen atoms in total.